The smallest absolute Gasteiger partial charge is 0.103 e. The van der Waals surface area contributed by atoms with E-state index < -0.39 is 0 Å². The lowest BCUT2D eigenvalue weighted by Gasteiger charge is -2.12. The van der Waals surface area contributed by atoms with Gasteiger partial charge >= 0.3 is 0 Å². The fourth-order valence-electron chi connectivity index (χ4n) is 1.09. The Balaban J connectivity index is 2.25. The SMILES string of the molecule is CCC(CN)CNc1ccc[nH]1. The highest BCUT2D eigenvalue weighted by Crippen LogP contribution is 2.04. The Bertz CT molecular complexity index is 190. The zero-order valence-corrected chi connectivity index (χ0v) is 7.51. The topological polar surface area (TPSA) is 53.8 Å². The van der Waals surface area contributed by atoms with E-state index >= 15 is 0 Å². The molecule has 0 fully saturated rings. The molecule has 4 N–H and O–H groups in total. The summed E-state index contributed by atoms with van der Waals surface area (Å²) >= 11 is 0. The highest BCUT2D eigenvalue weighted by atomic mass is 15.0. The zero-order valence-electron chi connectivity index (χ0n) is 7.51. The minimum absolute atomic E-state index is 0.577. The number of anilines is 1. The third-order valence-corrected chi connectivity index (χ3v) is 2.09. The summed E-state index contributed by atoms with van der Waals surface area (Å²) in [5.41, 5.74) is 5.57. The van der Waals surface area contributed by atoms with Crippen LogP contribution in [0.2, 0.25) is 0 Å². The molecule has 1 aromatic rings. The summed E-state index contributed by atoms with van der Waals surface area (Å²) in [6, 6.07) is 4.00. The van der Waals surface area contributed by atoms with Gasteiger partial charge in [0.05, 0.1) is 0 Å². The lowest BCUT2D eigenvalue weighted by molar-refractivity contribution is 0.548. The average molecular weight is 167 g/mol. The van der Waals surface area contributed by atoms with Gasteiger partial charge in [0.2, 0.25) is 0 Å². The molecule has 1 heterocycles. The highest BCUT2D eigenvalue weighted by molar-refractivity contribution is 5.33. The van der Waals surface area contributed by atoms with E-state index in [0.29, 0.717) is 5.92 Å². The second-order valence-electron chi connectivity index (χ2n) is 2.97. The predicted molar refractivity (Wildman–Crippen MR) is 52.1 cm³/mol. The monoisotopic (exact) mass is 167 g/mol. The van der Waals surface area contributed by atoms with Crippen molar-refractivity contribution in [3.63, 3.8) is 0 Å². The number of nitrogens with one attached hydrogen (secondary N) is 2. The maximum absolute atomic E-state index is 5.57. The third kappa shape index (κ3) is 2.58. The van der Waals surface area contributed by atoms with Crippen molar-refractivity contribution in [3.8, 4) is 0 Å². The molecule has 0 saturated carbocycles. The van der Waals surface area contributed by atoms with Crippen molar-refractivity contribution >= 4 is 5.82 Å². The molecule has 68 valence electrons. The molecular weight excluding hydrogens is 150 g/mol. The number of H-pyrrole nitrogens is 1. The standard InChI is InChI=1S/C9H17N3/c1-2-8(6-10)7-12-9-4-3-5-11-9/h3-5,8,11-12H,2,6-7,10H2,1H3. The van der Waals surface area contributed by atoms with Crippen LogP contribution in [0.25, 0.3) is 0 Å². The van der Waals surface area contributed by atoms with Crippen LogP contribution in [-0.2, 0) is 0 Å². The number of rotatable bonds is 5. The van der Waals surface area contributed by atoms with Gasteiger partial charge in [-0.2, -0.15) is 0 Å². The van der Waals surface area contributed by atoms with Gasteiger partial charge in [0.25, 0.3) is 0 Å². The lowest BCUT2D eigenvalue weighted by Crippen LogP contribution is -2.22. The molecule has 12 heavy (non-hydrogen) atoms. The van der Waals surface area contributed by atoms with E-state index in [9.17, 15) is 0 Å². The van der Waals surface area contributed by atoms with Gasteiger partial charge in [-0.05, 0) is 24.6 Å². The lowest BCUT2D eigenvalue weighted by atomic mass is 10.1. The van der Waals surface area contributed by atoms with Gasteiger partial charge in [0.1, 0.15) is 5.82 Å². The van der Waals surface area contributed by atoms with Crippen molar-refractivity contribution in [2.45, 2.75) is 13.3 Å². The maximum atomic E-state index is 5.57. The molecule has 0 aliphatic rings. The number of hydrogen-bond acceptors (Lipinski definition) is 2. The summed E-state index contributed by atoms with van der Waals surface area (Å²) in [5, 5.41) is 3.29. The Labute approximate surface area is 73.4 Å². The molecule has 3 nitrogen and oxygen atoms in total. The van der Waals surface area contributed by atoms with E-state index in [1.807, 2.05) is 18.3 Å². The Hall–Kier alpha value is -0.960. The van der Waals surface area contributed by atoms with Crippen LogP contribution in [0, 0.1) is 5.92 Å². The average Bonchev–Trinajstić information content (AvgIpc) is 2.59. The highest BCUT2D eigenvalue weighted by Gasteiger charge is 2.02. The minimum atomic E-state index is 0.577. The predicted octanol–water partition coefficient (Wildman–Crippen LogP) is 1.41. The Morgan fingerprint density at radius 1 is 1.67 bits per heavy atom. The van der Waals surface area contributed by atoms with E-state index in [1.165, 1.54) is 0 Å². The largest absolute Gasteiger partial charge is 0.371 e. The Morgan fingerprint density at radius 2 is 2.50 bits per heavy atom. The number of aromatic nitrogens is 1. The third-order valence-electron chi connectivity index (χ3n) is 2.09. The van der Waals surface area contributed by atoms with Gasteiger partial charge in [-0.15, -0.1) is 0 Å². The minimum Gasteiger partial charge on any atom is -0.371 e. The summed E-state index contributed by atoms with van der Waals surface area (Å²) in [4.78, 5) is 3.09. The molecule has 0 bridgehead atoms. The number of aromatic amines is 1. The van der Waals surface area contributed by atoms with E-state index in [4.69, 9.17) is 5.73 Å². The van der Waals surface area contributed by atoms with Crippen molar-refractivity contribution in [3.05, 3.63) is 18.3 Å². The van der Waals surface area contributed by atoms with Crippen LogP contribution < -0.4 is 11.1 Å². The normalized spacial score (nSPS) is 12.8. The molecule has 3 heteroatoms. The Morgan fingerprint density at radius 3 is 3.00 bits per heavy atom. The molecule has 0 aromatic carbocycles. The number of nitrogens with two attached hydrogens (primary N) is 1. The number of hydrogen-bond donors (Lipinski definition) is 3. The molecule has 0 aliphatic heterocycles. The van der Waals surface area contributed by atoms with Gasteiger partial charge in [-0.1, -0.05) is 13.3 Å². The molecule has 0 aliphatic carbocycles. The maximum Gasteiger partial charge on any atom is 0.103 e. The molecular formula is C9H17N3. The van der Waals surface area contributed by atoms with Crippen molar-refractivity contribution in [2.24, 2.45) is 11.7 Å². The molecule has 1 rings (SSSR count). The van der Waals surface area contributed by atoms with E-state index in [1.54, 1.807) is 0 Å². The van der Waals surface area contributed by atoms with Crippen molar-refractivity contribution in [1.29, 1.82) is 0 Å². The molecule has 1 aromatic heterocycles. The molecule has 0 radical (unpaired) electrons. The first kappa shape index (κ1) is 9.13. The molecule has 1 atom stereocenters. The molecule has 0 saturated heterocycles. The first-order valence-corrected chi connectivity index (χ1v) is 4.44. The van der Waals surface area contributed by atoms with Gasteiger partial charge in [0, 0.05) is 12.7 Å². The van der Waals surface area contributed by atoms with Crippen LogP contribution in [0.4, 0.5) is 5.82 Å². The zero-order chi connectivity index (χ0) is 8.81. The summed E-state index contributed by atoms with van der Waals surface area (Å²) in [5.74, 6) is 1.65. The van der Waals surface area contributed by atoms with Crippen molar-refractivity contribution in [1.82, 2.24) is 4.98 Å². The van der Waals surface area contributed by atoms with Gasteiger partial charge in [-0.25, -0.2) is 0 Å². The van der Waals surface area contributed by atoms with E-state index in [-0.39, 0.29) is 0 Å². The van der Waals surface area contributed by atoms with Gasteiger partial charge in [-0.3, -0.25) is 0 Å². The summed E-state index contributed by atoms with van der Waals surface area (Å²) in [7, 11) is 0. The van der Waals surface area contributed by atoms with Gasteiger partial charge < -0.3 is 16.0 Å². The Kier molecular flexibility index (Phi) is 3.67. The first-order chi connectivity index (χ1) is 5.86. The summed E-state index contributed by atoms with van der Waals surface area (Å²) in [6.07, 6.45) is 3.04. The molecule has 0 spiro atoms. The van der Waals surface area contributed by atoms with Crippen LogP contribution in [0.1, 0.15) is 13.3 Å². The fraction of sp³-hybridized carbons (Fsp3) is 0.556. The molecule has 1 unspecified atom stereocenters. The second-order valence-corrected chi connectivity index (χ2v) is 2.97. The summed E-state index contributed by atoms with van der Waals surface area (Å²) < 4.78 is 0. The van der Waals surface area contributed by atoms with Crippen LogP contribution in [-0.4, -0.2) is 18.1 Å². The fourth-order valence-corrected chi connectivity index (χ4v) is 1.09. The van der Waals surface area contributed by atoms with Crippen LogP contribution in [0.5, 0.6) is 0 Å². The van der Waals surface area contributed by atoms with Gasteiger partial charge in [0.15, 0.2) is 0 Å². The van der Waals surface area contributed by atoms with Crippen LogP contribution in [0.3, 0.4) is 0 Å². The second kappa shape index (κ2) is 4.83. The van der Waals surface area contributed by atoms with Crippen molar-refractivity contribution < 1.29 is 0 Å². The first-order valence-electron chi connectivity index (χ1n) is 4.44. The molecule has 0 amide bonds. The van der Waals surface area contributed by atoms with E-state index in [0.717, 1.165) is 25.3 Å². The van der Waals surface area contributed by atoms with E-state index in [2.05, 4.69) is 17.2 Å². The van der Waals surface area contributed by atoms with Crippen LogP contribution in [0.15, 0.2) is 18.3 Å². The summed E-state index contributed by atoms with van der Waals surface area (Å²) in [6.45, 7) is 3.87. The van der Waals surface area contributed by atoms with Crippen molar-refractivity contribution in [2.75, 3.05) is 18.4 Å². The van der Waals surface area contributed by atoms with Crippen LogP contribution >= 0.6 is 0 Å². The quantitative estimate of drug-likeness (QED) is 0.621.